The van der Waals surface area contributed by atoms with Gasteiger partial charge in [-0.2, -0.15) is 0 Å². The van der Waals surface area contributed by atoms with Gasteiger partial charge in [0.15, 0.2) is 10.8 Å². The molecule has 4 heterocycles. The first-order valence-corrected chi connectivity index (χ1v) is 12.1. The summed E-state index contributed by atoms with van der Waals surface area (Å²) in [6.45, 7) is 0. The predicted octanol–water partition coefficient (Wildman–Crippen LogP) is -0.448. The summed E-state index contributed by atoms with van der Waals surface area (Å²) in [4.78, 5) is 47.8. The van der Waals surface area contributed by atoms with Crippen molar-refractivity contribution in [3.05, 3.63) is 22.3 Å². The minimum Gasteiger partial charge on any atom is -0.477 e. The smallest absolute Gasteiger partial charge is 0.352 e. The number of nitrogens with two attached hydrogens (primary N) is 1. The molecule has 14 nitrogen and oxygen atoms in total. The highest BCUT2D eigenvalue weighted by Gasteiger charge is 2.54. The molecule has 2 aliphatic rings. The summed E-state index contributed by atoms with van der Waals surface area (Å²) >= 11 is 3.67. The number of anilines is 1. The van der Waals surface area contributed by atoms with Gasteiger partial charge < -0.3 is 21.0 Å². The van der Waals surface area contributed by atoms with Gasteiger partial charge in [-0.25, -0.2) is 14.5 Å². The van der Waals surface area contributed by atoms with E-state index >= 15 is 0 Å². The number of halogens is 1. The maximum atomic E-state index is 12.9. The summed E-state index contributed by atoms with van der Waals surface area (Å²) in [7, 11) is 2.96. The number of aromatic nitrogens is 5. The molecule has 0 bridgehead atoms. The average molecular weight is 548 g/mol. The van der Waals surface area contributed by atoms with Crippen molar-refractivity contribution in [2.45, 2.75) is 16.6 Å². The Morgan fingerprint density at radius 1 is 1.47 bits per heavy atom. The van der Waals surface area contributed by atoms with Crippen LogP contribution in [0, 0.1) is 0 Å². The number of amides is 2. The van der Waals surface area contributed by atoms with E-state index in [4.69, 9.17) is 10.6 Å². The average Bonchev–Trinajstić information content (AvgIpc) is 3.40. The number of rotatable bonds is 8. The van der Waals surface area contributed by atoms with Crippen molar-refractivity contribution in [2.24, 2.45) is 12.2 Å². The quantitative estimate of drug-likeness (QED) is 0.167. The molecule has 4 N–H and O–H groups in total. The Bertz CT molecular complexity index is 1180. The molecule has 2 aromatic rings. The normalized spacial score (nSPS) is 19.8. The highest BCUT2D eigenvalue weighted by Crippen LogP contribution is 2.41. The van der Waals surface area contributed by atoms with Gasteiger partial charge >= 0.3 is 5.97 Å². The lowest BCUT2D eigenvalue weighted by Crippen LogP contribution is -2.71. The molecule has 182 valence electrons. The lowest BCUT2D eigenvalue weighted by atomic mass is 10.0. The number of nitrogens with one attached hydrogen (secondary N) is 1. The molecule has 34 heavy (non-hydrogen) atoms. The molecule has 2 unspecified atom stereocenters. The largest absolute Gasteiger partial charge is 0.477 e. The Morgan fingerprint density at radius 2 is 2.24 bits per heavy atom. The standard InChI is InChI=1S/C16H17N9O5S3.ClH/c1-24-16(20-22-23-24)32-5-6-4-31-13-9(12(27)25(13)10(6)14(28)29)19-11(26)8(21-30-2)7-3-18-15(17)33-7;/h3,9,13H,4-5H2,1-2H3,(H2,17,18)(H,19,26)(H,28,29);1H/b21-8+;. The number of nitrogen functional groups attached to an aromatic ring is 1. The molecule has 4 rings (SSSR count). The summed E-state index contributed by atoms with van der Waals surface area (Å²) in [5.74, 6) is -1.73. The van der Waals surface area contributed by atoms with Crippen molar-refractivity contribution in [1.29, 1.82) is 0 Å². The summed E-state index contributed by atoms with van der Waals surface area (Å²) in [6, 6.07) is -0.915. The van der Waals surface area contributed by atoms with E-state index in [-0.39, 0.29) is 28.9 Å². The van der Waals surface area contributed by atoms with E-state index in [9.17, 15) is 19.5 Å². The van der Waals surface area contributed by atoms with E-state index in [0.29, 0.717) is 27.1 Å². The fourth-order valence-electron chi connectivity index (χ4n) is 3.19. The molecular formula is C16H18ClN9O5S3. The zero-order chi connectivity index (χ0) is 23.7. The van der Waals surface area contributed by atoms with Gasteiger partial charge in [-0.1, -0.05) is 28.3 Å². The zero-order valence-electron chi connectivity index (χ0n) is 17.6. The van der Waals surface area contributed by atoms with E-state index in [1.54, 1.807) is 7.05 Å². The predicted molar refractivity (Wildman–Crippen MR) is 127 cm³/mol. The van der Waals surface area contributed by atoms with Crippen LogP contribution in [-0.4, -0.2) is 88.7 Å². The minimum atomic E-state index is -1.22. The Balaban J connectivity index is 0.00000324. The van der Waals surface area contributed by atoms with Crippen LogP contribution >= 0.6 is 47.3 Å². The number of thioether (sulfide) groups is 2. The highest BCUT2D eigenvalue weighted by atomic mass is 35.5. The maximum absolute atomic E-state index is 12.9. The van der Waals surface area contributed by atoms with Crippen LogP contribution in [0.2, 0.25) is 0 Å². The Hall–Kier alpha value is -2.89. The molecule has 0 spiro atoms. The number of oxime groups is 1. The first-order valence-electron chi connectivity index (χ1n) is 9.20. The van der Waals surface area contributed by atoms with Crippen LogP contribution in [0.5, 0.6) is 0 Å². The van der Waals surface area contributed by atoms with Gasteiger partial charge in [0.25, 0.3) is 11.8 Å². The number of carbonyl (C=O) groups excluding carboxylic acids is 2. The number of carboxylic acids is 1. The number of aryl methyl sites for hydroxylation is 1. The first kappa shape index (κ1) is 25.7. The SMILES string of the molecule is CO/N=C(/C(=O)NC1C(=O)N2C(C(=O)O)=C(CSc3nnnn3C)CSC12)c1cnc(N)s1.Cl. The number of nitrogens with zero attached hydrogens (tertiary/aromatic N) is 7. The topological polar surface area (TPSA) is 191 Å². The summed E-state index contributed by atoms with van der Waals surface area (Å²) < 4.78 is 1.47. The van der Waals surface area contributed by atoms with E-state index in [1.807, 2.05) is 0 Å². The van der Waals surface area contributed by atoms with Crippen molar-refractivity contribution in [2.75, 3.05) is 24.3 Å². The molecule has 0 aromatic carbocycles. The van der Waals surface area contributed by atoms with Crippen LogP contribution in [0.25, 0.3) is 0 Å². The first-order chi connectivity index (χ1) is 15.8. The fourth-order valence-corrected chi connectivity index (χ4v) is 6.18. The second-order valence-electron chi connectivity index (χ2n) is 6.68. The second-order valence-corrected chi connectivity index (χ2v) is 9.79. The molecule has 2 atom stereocenters. The van der Waals surface area contributed by atoms with Gasteiger partial charge in [-0.3, -0.25) is 14.5 Å². The molecule has 0 radical (unpaired) electrons. The van der Waals surface area contributed by atoms with E-state index in [2.05, 4.69) is 31.0 Å². The van der Waals surface area contributed by atoms with Crippen LogP contribution in [0.15, 0.2) is 27.8 Å². The van der Waals surface area contributed by atoms with E-state index in [0.717, 1.165) is 11.3 Å². The van der Waals surface area contributed by atoms with Gasteiger partial charge in [0.1, 0.15) is 24.2 Å². The molecular weight excluding hydrogens is 530 g/mol. The molecule has 1 saturated heterocycles. The minimum absolute atomic E-state index is 0. The van der Waals surface area contributed by atoms with Gasteiger partial charge in [-0.15, -0.1) is 29.3 Å². The molecule has 18 heteroatoms. The zero-order valence-corrected chi connectivity index (χ0v) is 20.8. The number of thiazole rings is 1. The monoisotopic (exact) mass is 547 g/mol. The van der Waals surface area contributed by atoms with Crippen molar-refractivity contribution in [3.8, 4) is 0 Å². The number of fused-ring (bicyclic) bond motifs is 1. The van der Waals surface area contributed by atoms with Crippen molar-refractivity contribution in [1.82, 2.24) is 35.4 Å². The molecule has 0 aliphatic carbocycles. The van der Waals surface area contributed by atoms with Gasteiger partial charge in [-0.05, 0) is 16.0 Å². The van der Waals surface area contributed by atoms with Crippen molar-refractivity contribution in [3.63, 3.8) is 0 Å². The van der Waals surface area contributed by atoms with Crippen LogP contribution in [-0.2, 0) is 26.3 Å². The lowest BCUT2D eigenvalue weighted by Gasteiger charge is -2.49. The maximum Gasteiger partial charge on any atom is 0.352 e. The Morgan fingerprint density at radius 3 is 2.82 bits per heavy atom. The van der Waals surface area contributed by atoms with Crippen molar-refractivity contribution < 1.29 is 24.3 Å². The highest BCUT2D eigenvalue weighted by molar-refractivity contribution is 8.01. The summed E-state index contributed by atoms with van der Waals surface area (Å²) in [5, 5.41) is 27.5. The summed E-state index contributed by atoms with van der Waals surface area (Å²) in [6.07, 6.45) is 1.38. The Kier molecular flexibility index (Phi) is 8.01. The molecule has 1 fully saturated rings. The van der Waals surface area contributed by atoms with Crippen LogP contribution in [0.1, 0.15) is 4.88 Å². The van der Waals surface area contributed by atoms with Crippen LogP contribution in [0.3, 0.4) is 0 Å². The van der Waals surface area contributed by atoms with Crippen molar-refractivity contribution >= 4 is 75.9 Å². The third-order valence-corrected chi connectivity index (χ3v) is 7.92. The second kappa shape index (κ2) is 10.6. The van der Waals surface area contributed by atoms with Crippen LogP contribution < -0.4 is 11.1 Å². The van der Waals surface area contributed by atoms with E-state index in [1.165, 1.54) is 46.4 Å². The number of aliphatic carboxylic acids is 1. The number of hydrogen-bond acceptors (Lipinski definition) is 13. The number of tetrazole rings is 1. The third kappa shape index (κ3) is 4.82. The van der Waals surface area contributed by atoms with Gasteiger partial charge in [0, 0.05) is 24.8 Å². The van der Waals surface area contributed by atoms with Gasteiger partial charge in [0.2, 0.25) is 5.16 Å². The molecule has 2 aliphatic heterocycles. The lowest BCUT2D eigenvalue weighted by molar-refractivity contribution is -0.150. The fraction of sp³-hybridized carbons (Fsp3) is 0.375. The molecule has 2 aromatic heterocycles. The Labute approximate surface area is 210 Å². The number of β-lactam (4-membered cyclic amide) rings is 1. The van der Waals surface area contributed by atoms with Gasteiger partial charge in [0.05, 0.1) is 4.88 Å². The number of carbonyl (C=O) groups is 3. The van der Waals surface area contributed by atoms with E-state index < -0.39 is 29.2 Å². The molecule has 0 saturated carbocycles. The number of carboxylic acid groups (broad SMARTS) is 1. The number of hydrogen-bond donors (Lipinski definition) is 3. The third-order valence-electron chi connectivity index (χ3n) is 4.65. The van der Waals surface area contributed by atoms with Crippen LogP contribution in [0.4, 0.5) is 5.13 Å². The molecule has 2 amide bonds. The summed E-state index contributed by atoms with van der Waals surface area (Å²) in [5.41, 5.74) is 6.02.